The van der Waals surface area contributed by atoms with Crippen LogP contribution in [0.1, 0.15) is 71.3 Å². The van der Waals surface area contributed by atoms with Gasteiger partial charge >= 0.3 is 0 Å². The highest BCUT2D eigenvalue weighted by molar-refractivity contribution is 5.83. The number of nitrogens with two attached hydrogens (primary N) is 1. The summed E-state index contributed by atoms with van der Waals surface area (Å²) in [7, 11) is 0. The van der Waals surface area contributed by atoms with Crippen molar-refractivity contribution in [2.24, 2.45) is 4.99 Å². The zero-order valence-electron chi connectivity index (χ0n) is 19.5. The van der Waals surface area contributed by atoms with Gasteiger partial charge in [0.25, 0.3) is 0 Å². The van der Waals surface area contributed by atoms with E-state index >= 15 is 0 Å². The van der Waals surface area contributed by atoms with E-state index in [9.17, 15) is 8.78 Å². The molecule has 0 aromatic carbocycles. The van der Waals surface area contributed by atoms with Gasteiger partial charge in [0.05, 0.1) is 11.7 Å². The first-order chi connectivity index (χ1) is 15.3. The zero-order chi connectivity index (χ0) is 23.5. The number of rotatable bonds is 3. The molecule has 0 bridgehead atoms. The van der Waals surface area contributed by atoms with Gasteiger partial charge in [-0.2, -0.15) is 0 Å². The summed E-state index contributed by atoms with van der Waals surface area (Å²) in [4.78, 5) is 12.9. The summed E-state index contributed by atoms with van der Waals surface area (Å²) < 4.78 is 23.2. The molecule has 1 fully saturated rings. The SMILES string of the molecule is C1CCCCC1.CC(C)=Nc1ncc(-c2ccn3nc(N)ncc23)cc1C.CCC(F)F. The lowest BCUT2D eigenvalue weighted by molar-refractivity contribution is 0.144. The van der Waals surface area contributed by atoms with Gasteiger partial charge in [-0.3, -0.25) is 0 Å². The van der Waals surface area contributed by atoms with Crippen molar-refractivity contribution in [2.45, 2.75) is 79.1 Å². The first kappa shape index (κ1) is 25.4. The maximum Gasteiger partial charge on any atom is 0.238 e. The Bertz CT molecular complexity index is 993. The number of hydrogen-bond acceptors (Lipinski definition) is 5. The number of aryl methyl sites for hydroxylation is 1. The fraction of sp³-hybridized carbons (Fsp3) is 0.500. The van der Waals surface area contributed by atoms with Gasteiger partial charge in [-0.25, -0.2) is 28.3 Å². The Hall–Kier alpha value is -2.90. The average Bonchev–Trinajstić information content (AvgIpc) is 3.20. The normalized spacial score (nSPS) is 13.1. The summed E-state index contributed by atoms with van der Waals surface area (Å²) in [5.41, 5.74) is 10.5. The predicted molar refractivity (Wildman–Crippen MR) is 128 cm³/mol. The molecule has 6 nitrogen and oxygen atoms in total. The number of halogens is 2. The maximum absolute atomic E-state index is 10.8. The third-order valence-electron chi connectivity index (χ3n) is 4.93. The second-order valence-corrected chi connectivity index (χ2v) is 8.02. The van der Waals surface area contributed by atoms with Crippen molar-refractivity contribution in [1.29, 1.82) is 0 Å². The Balaban J connectivity index is 0.000000272. The molecular weight excluding hydrogens is 410 g/mol. The number of alkyl halides is 2. The topological polar surface area (TPSA) is 81.5 Å². The van der Waals surface area contributed by atoms with Crippen molar-refractivity contribution in [3.05, 3.63) is 36.3 Å². The minimum absolute atomic E-state index is 0.0278. The first-order valence-corrected chi connectivity index (χ1v) is 11.2. The number of nitrogen functional groups attached to an aromatic ring is 1. The smallest absolute Gasteiger partial charge is 0.238 e. The Labute approximate surface area is 189 Å². The molecule has 8 heteroatoms. The van der Waals surface area contributed by atoms with E-state index in [4.69, 9.17) is 5.73 Å². The molecule has 0 spiro atoms. The molecule has 0 atom stereocenters. The average molecular weight is 445 g/mol. The highest BCUT2D eigenvalue weighted by atomic mass is 19.3. The Morgan fingerprint density at radius 3 is 2.19 bits per heavy atom. The van der Waals surface area contributed by atoms with Crippen molar-refractivity contribution in [3.63, 3.8) is 0 Å². The quantitative estimate of drug-likeness (QED) is 0.451. The van der Waals surface area contributed by atoms with Crippen LogP contribution in [-0.2, 0) is 0 Å². The lowest BCUT2D eigenvalue weighted by Gasteiger charge is -2.05. The number of aliphatic imine (C=N–C) groups is 1. The highest BCUT2D eigenvalue weighted by Crippen LogP contribution is 2.28. The van der Waals surface area contributed by atoms with E-state index in [1.807, 2.05) is 39.2 Å². The van der Waals surface area contributed by atoms with Gasteiger partial charge in [0.2, 0.25) is 12.4 Å². The molecule has 1 aliphatic rings. The number of fused-ring (bicyclic) bond motifs is 1. The molecule has 0 saturated heterocycles. The van der Waals surface area contributed by atoms with Gasteiger partial charge in [0.15, 0.2) is 5.82 Å². The summed E-state index contributed by atoms with van der Waals surface area (Å²) in [5.74, 6) is 1.00. The van der Waals surface area contributed by atoms with E-state index in [-0.39, 0.29) is 12.4 Å². The van der Waals surface area contributed by atoms with Crippen LogP contribution >= 0.6 is 0 Å². The number of nitrogens with zero attached hydrogens (tertiary/aromatic N) is 5. The Morgan fingerprint density at radius 2 is 1.69 bits per heavy atom. The lowest BCUT2D eigenvalue weighted by atomic mass is 10.0. The molecule has 32 heavy (non-hydrogen) atoms. The van der Waals surface area contributed by atoms with Crippen molar-refractivity contribution >= 4 is 23.0 Å². The molecule has 2 N–H and O–H groups in total. The summed E-state index contributed by atoms with van der Waals surface area (Å²) in [6.07, 6.45) is 12.3. The number of anilines is 1. The van der Waals surface area contributed by atoms with E-state index in [1.54, 1.807) is 10.7 Å². The minimum Gasteiger partial charge on any atom is -0.367 e. The maximum atomic E-state index is 10.8. The third-order valence-corrected chi connectivity index (χ3v) is 4.93. The van der Waals surface area contributed by atoms with Crippen LogP contribution in [0.15, 0.2) is 35.7 Å². The van der Waals surface area contributed by atoms with E-state index in [0.29, 0.717) is 0 Å². The molecule has 0 aliphatic heterocycles. The summed E-state index contributed by atoms with van der Waals surface area (Å²) in [5, 5.41) is 4.14. The summed E-state index contributed by atoms with van der Waals surface area (Å²) in [6.45, 7) is 7.37. The van der Waals surface area contributed by atoms with Crippen molar-refractivity contribution < 1.29 is 8.78 Å². The van der Waals surface area contributed by atoms with E-state index in [1.165, 1.54) is 45.4 Å². The molecule has 174 valence electrons. The van der Waals surface area contributed by atoms with Gasteiger partial charge in [-0.1, -0.05) is 45.4 Å². The predicted octanol–water partition coefficient (Wildman–Crippen LogP) is 6.80. The monoisotopic (exact) mass is 444 g/mol. The number of pyridine rings is 1. The summed E-state index contributed by atoms with van der Waals surface area (Å²) >= 11 is 0. The number of hydrogen-bond donors (Lipinski definition) is 1. The second-order valence-electron chi connectivity index (χ2n) is 8.02. The van der Waals surface area contributed by atoms with Crippen molar-refractivity contribution in [2.75, 3.05) is 5.73 Å². The van der Waals surface area contributed by atoms with Crippen LogP contribution in [0.25, 0.3) is 16.6 Å². The standard InChI is InChI=1S/C15H16N6.C6H12.C3H6F2/c1-9(2)19-14-10(3)6-11(7-17-14)12-4-5-21-13(12)8-18-15(16)20-21;1-2-4-6-5-3-1;1-2-3(4)5/h4-8H,1-3H3,(H2,16,20);1-6H2;3H,2H2,1H3. The van der Waals surface area contributed by atoms with Crippen molar-refractivity contribution in [1.82, 2.24) is 19.6 Å². The molecular formula is C24H34F2N6. The molecule has 0 unspecified atom stereocenters. The van der Waals surface area contributed by atoms with E-state index < -0.39 is 6.43 Å². The molecule has 1 aliphatic carbocycles. The molecule has 1 saturated carbocycles. The van der Waals surface area contributed by atoms with Gasteiger partial charge < -0.3 is 5.73 Å². The van der Waals surface area contributed by atoms with Crippen LogP contribution in [0.5, 0.6) is 0 Å². The van der Waals surface area contributed by atoms with Crippen LogP contribution in [0.3, 0.4) is 0 Å². The van der Waals surface area contributed by atoms with Gasteiger partial charge in [-0.05, 0) is 38.5 Å². The van der Waals surface area contributed by atoms with E-state index in [0.717, 1.165) is 33.7 Å². The van der Waals surface area contributed by atoms with Crippen LogP contribution in [-0.4, -0.2) is 31.7 Å². The fourth-order valence-electron chi connectivity index (χ4n) is 3.26. The minimum atomic E-state index is -2.12. The largest absolute Gasteiger partial charge is 0.367 e. The van der Waals surface area contributed by atoms with Crippen LogP contribution in [0.2, 0.25) is 0 Å². The molecule has 3 aromatic heterocycles. The molecule has 3 aromatic rings. The van der Waals surface area contributed by atoms with Crippen molar-refractivity contribution in [3.8, 4) is 11.1 Å². The van der Waals surface area contributed by atoms with Gasteiger partial charge in [0, 0.05) is 35.7 Å². The zero-order valence-corrected chi connectivity index (χ0v) is 19.5. The Kier molecular flexibility index (Phi) is 10.2. The number of aromatic nitrogens is 4. The van der Waals surface area contributed by atoms with Crippen LogP contribution in [0, 0.1) is 6.92 Å². The van der Waals surface area contributed by atoms with E-state index in [2.05, 4.69) is 26.1 Å². The highest BCUT2D eigenvalue weighted by Gasteiger charge is 2.09. The molecule has 0 radical (unpaired) electrons. The lowest BCUT2D eigenvalue weighted by Crippen LogP contribution is -1.99. The summed E-state index contributed by atoms with van der Waals surface area (Å²) in [6, 6.07) is 4.05. The van der Waals surface area contributed by atoms with Gasteiger partial charge in [-0.15, -0.1) is 5.10 Å². The van der Waals surface area contributed by atoms with Crippen LogP contribution in [0.4, 0.5) is 20.5 Å². The fourth-order valence-corrected chi connectivity index (χ4v) is 3.26. The molecule has 3 heterocycles. The van der Waals surface area contributed by atoms with Crippen LogP contribution < -0.4 is 5.73 Å². The second kappa shape index (κ2) is 12.8. The first-order valence-electron chi connectivity index (χ1n) is 11.2. The third kappa shape index (κ3) is 7.98. The molecule has 0 amide bonds. The Morgan fingerprint density at radius 1 is 1.09 bits per heavy atom. The van der Waals surface area contributed by atoms with Gasteiger partial charge in [0.1, 0.15) is 0 Å². The molecule has 4 rings (SSSR count).